The normalized spacial score (nSPS) is 19.4. The van der Waals surface area contributed by atoms with Gasteiger partial charge in [-0.2, -0.15) is 0 Å². The number of para-hydroxylation sites is 2. The van der Waals surface area contributed by atoms with Crippen LogP contribution >= 0.6 is 0 Å². The van der Waals surface area contributed by atoms with Crippen LogP contribution in [0, 0.1) is 0 Å². The number of carbonyl (C=O) groups excluding carboxylic acids is 1. The van der Waals surface area contributed by atoms with Crippen molar-refractivity contribution in [2.45, 2.75) is 32.4 Å². The highest BCUT2D eigenvalue weighted by molar-refractivity contribution is 5.79. The summed E-state index contributed by atoms with van der Waals surface area (Å²) in [5.74, 6) is 2.20. The van der Waals surface area contributed by atoms with Gasteiger partial charge in [-0.25, -0.2) is 4.98 Å². The molecule has 0 aliphatic carbocycles. The lowest BCUT2D eigenvalue weighted by Gasteiger charge is -2.37. The standard InChI is InChI=1S/C26H33N5O2/c1-3-31-23-8-5-4-7-22(23)27-26(31)24-9-6-14-30(24)19-25(32)29-17-15-28(16-18-29)20-10-12-21(33-2)13-11-20/h4-5,7-8,10-13,24H,3,6,9,14-19H2,1-2H3. The van der Waals surface area contributed by atoms with Gasteiger partial charge in [-0.15, -0.1) is 0 Å². The first-order valence-corrected chi connectivity index (χ1v) is 12.0. The van der Waals surface area contributed by atoms with Gasteiger partial charge in [-0.05, 0) is 62.7 Å². The number of methoxy groups -OCH3 is 1. The van der Waals surface area contributed by atoms with Gasteiger partial charge in [0.25, 0.3) is 0 Å². The molecule has 3 aromatic rings. The van der Waals surface area contributed by atoms with Gasteiger partial charge in [0.1, 0.15) is 11.6 Å². The van der Waals surface area contributed by atoms with Crippen LogP contribution in [-0.4, -0.2) is 71.6 Å². The van der Waals surface area contributed by atoms with Crippen LogP contribution in [0.25, 0.3) is 11.0 Å². The molecule has 0 bridgehead atoms. The van der Waals surface area contributed by atoms with E-state index in [0.717, 1.165) is 69.2 Å². The molecule has 0 saturated carbocycles. The first-order chi connectivity index (χ1) is 16.2. The first-order valence-electron chi connectivity index (χ1n) is 12.0. The van der Waals surface area contributed by atoms with Gasteiger partial charge in [0.15, 0.2) is 0 Å². The topological polar surface area (TPSA) is 53.8 Å². The number of fused-ring (bicyclic) bond motifs is 1. The van der Waals surface area contributed by atoms with Gasteiger partial charge in [0.05, 0.1) is 30.7 Å². The summed E-state index contributed by atoms with van der Waals surface area (Å²) in [5, 5.41) is 0. The minimum Gasteiger partial charge on any atom is -0.497 e. The Balaban J connectivity index is 1.23. The highest BCUT2D eigenvalue weighted by Crippen LogP contribution is 2.33. The van der Waals surface area contributed by atoms with Crippen LogP contribution in [0.15, 0.2) is 48.5 Å². The number of aryl methyl sites for hydroxylation is 1. The van der Waals surface area contributed by atoms with Gasteiger partial charge < -0.3 is 19.1 Å². The van der Waals surface area contributed by atoms with E-state index in [2.05, 4.69) is 51.6 Å². The third-order valence-electron chi connectivity index (χ3n) is 7.07. The molecule has 2 aliphatic heterocycles. The van der Waals surface area contributed by atoms with Gasteiger partial charge in [0.2, 0.25) is 5.91 Å². The van der Waals surface area contributed by atoms with Crippen molar-refractivity contribution >= 4 is 22.6 Å². The number of anilines is 1. The van der Waals surface area contributed by atoms with Crippen LogP contribution < -0.4 is 9.64 Å². The summed E-state index contributed by atoms with van der Waals surface area (Å²) in [7, 11) is 1.68. The number of imidazole rings is 1. The van der Waals surface area contributed by atoms with E-state index < -0.39 is 0 Å². The number of ether oxygens (including phenoxy) is 1. The molecule has 1 atom stereocenters. The number of hydrogen-bond donors (Lipinski definition) is 0. The predicted octanol–water partition coefficient (Wildman–Crippen LogP) is 3.55. The first kappa shape index (κ1) is 21.8. The molecule has 2 fully saturated rings. The van der Waals surface area contributed by atoms with Crippen molar-refractivity contribution in [2.24, 2.45) is 0 Å². The maximum Gasteiger partial charge on any atom is 0.236 e. The number of benzene rings is 2. The number of piperazine rings is 1. The monoisotopic (exact) mass is 447 g/mol. The molecule has 7 nitrogen and oxygen atoms in total. The van der Waals surface area contributed by atoms with Crippen LogP contribution in [0.3, 0.4) is 0 Å². The van der Waals surface area contributed by atoms with Crippen LogP contribution in [-0.2, 0) is 11.3 Å². The highest BCUT2D eigenvalue weighted by Gasteiger charge is 2.33. The van der Waals surface area contributed by atoms with Crippen LogP contribution in [0.4, 0.5) is 5.69 Å². The highest BCUT2D eigenvalue weighted by atomic mass is 16.5. The molecule has 174 valence electrons. The number of nitrogens with zero attached hydrogens (tertiary/aromatic N) is 5. The van der Waals surface area contributed by atoms with E-state index in [1.54, 1.807) is 7.11 Å². The molecule has 2 aromatic carbocycles. The lowest BCUT2D eigenvalue weighted by atomic mass is 10.2. The summed E-state index contributed by atoms with van der Waals surface area (Å²) in [6.07, 6.45) is 2.16. The van der Waals surface area contributed by atoms with Gasteiger partial charge >= 0.3 is 0 Å². The zero-order valence-electron chi connectivity index (χ0n) is 19.6. The predicted molar refractivity (Wildman–Crippen MR) is 131 cm³/mol. The summed E-state index contributed by atoms with van der Waals surface area (Å²) in [6, 6.07) is 16.7. The Morgan fingerprint density at radius 1 is 1.03 bits per heavy atom. The third kappa shape index (κ3) is 4.29. The maximum absolute atomic E-state index is 13.2. The molecule has 1 amide bonds. The van der Waals surface area contributed by atoms with E-state index in [9.17, 15) is 4.79 Å². The number of carbonyl (C=O) groups is 1. The van der Waals surface area contributed by atoms with E-state index in [1.165, 1.54) is 11.2 Å². The van der Waals surface area contributed by atoms with Crippen LogP contribution in [0.1, 0.15) is 31.6 Å². The number of hydrogen-bond acceptors (Lipinski definition) is 5. The largest absolute Gasteiger partial charge is 0.497 e. The molecule has 2 aliphatic rings. The molecule has 0 radical (unpaired) electrons. The Bertz CT molecular complexity index is 1100. The third-order valence-corrected chi connectivity index (χ3v) is 7.07. The van der Waals surface area contributed by atoms with Crippen molar-refractivity contribution in [1.82, 2.24) is 19.4 Å². The second-order valence-corrected chi connectivity index (χ2v) is 8.90. The zero-order valence-corrected chi connectivity index (χ0v) is 19.6. The second kappa shape index (κ2) is 9.43. The van der Waals surface area contributed by atoms with Crippen molar-refractivity contribution in [3.8, 4) is 5.75 Å². The molecule has 0 N–H and O–H groups in total. The van der Waals surface area contributed by atoms with Crippen molar-refractivity contribution in [3.05, 3.63) is 54.4 Å². The molecule has 1 aromatic heterocycles. The van der Waals surface area contributed by atoms with Gasteiger partial charge in [0, 0.05) is 38.4 Å². The average molecular weight is 448 g/mol. The van der Waals surface area contributed by atoms with E-state index >= 15 is 0 Å². The maximum atomic E-state index is 13.2. The molecule has 33 heavy (non-hydrogen) atoms. The Labute approximate surface area is 195 Å². The van der Waals surface area contributed by atoms with Crippen molar-refractivity contribution < 1.29 is 9.53 Å². The van der Waals surface area contributed by atoms with Crippen LogP contribution in [0.2, 0.25) is 0 Å². The minimum absolute atomic E-state index is 0.210. The summed E-state index contributed by atoms with van der Waals surface area (Å²) in [4.78, 5) is 24.9. The number of rotatable bonds is 6. The lowest BCUT2D eigenvalue weighted by molar-refractivity contribution is -0.133. The number of likely N-dealkylation sites (tertiary alicyclic amines) is 1. The summed E-state index contributed by atoms with van der Waals surface area (Å²) >= 11 is 0. The van der Waals surface area contributed by atoms with E-state index in [0.29, 0.717) is 6.54 Å². The fourth-order valence-electron chi connectivity index (χ4n) is 5.27. The molecule has 5 rings (SSSR count). The van der Waals surface area contributed by atoms with E-state index in [1.807, 2.05) is 23.1 Å². The molecule has 2 saturated heterocycles. The van der Waals surface area contributed by atoms with E-state index in [-0.39, 0.29) is 11.9 Å². The average Bonchev–Trinajstić information content (AvgIpc) is 3.47. The second-order valence-electron chi connectivity index (χ2n) is 8.90. The Morgan fingerprint density at radius 2 is 1.79 bits per heavy atom. The lowest BCUT2D eigenvalue weighted by Crippen LogP contribution is -2.51. The SMILES string of the molecule is CCn1c(C2CCCN2CC(=O)N2CCN(c3ccc(OC)cc3)CC2)nc2ccccc21. The minimum atomic E-state index is 0.210. The van der Waals surface area contributed by atoms with Crippen molar-refractivity contribution in [2.75, 3.05) is 51.3 Å². The fourth-order valence-corrected chi connectivity index (χ4v) is 5.27. The zero-order chi connectivity index (χ0) is 22.8. The molecule has 0 spiro atoms. The summed E-state index contributed by atoms with van der Waals surface area (Å²) in [5.41, 5.74) is 3.41. The molecular formula is C26H33N5O2. The number of amides is 1. The Hall–Kier alpha value is -3.06. The van der Waals surface area contributed by atoms with E-state index in [4.69, 9.17) is 9.72 Å². The quantitative estimate of drug-likeness (QED) is 0.579. The van der Waals surface area contributed by atoms with Crippen molar-refractivity contribution in [1.29, 1.82) is 0 Å². The number of aromatic nitrogens is 2. The molecule has 3 heterocycles. The van der Waals surface area contributed by atoms with Gasteiger partial charge in [-0.3, -0.25) is 9.69 Å². The Kier molecular flexibility index (Phi) is 6.22. The van der Waals surface area contributed by atoms with Gasteiger partial charge in [-0.1, -0.05) is 12.1 Å². The fraction of sp³-hybridized carbons (Fsp3) is 0.462. The van der Waals surface area contributed by atoms with Crippen LogP contribution in [0.5, 0.6) is 5.75 Å². The van der Waals surface area contributed by atoms with Crippen molar-refractivity contribution in [3.63, 3.8) is 0 Å². The summed E-state index contributed by atoms with van der Waals surface area (Å²) in [6.45, 7) is 7.72. The molecule has 7 heteroatoms. The molecular weight excluding hydrogens is 414 g/mol. The summed E-state index contributed by atoms with van der Waals surface area (Å²) < 4.78 is 7.57. The Morgan fingerprint density at radius 3 is 2.52 bits per heavy atom. The molecule has 1 unspecified atom stereocenters. The smallest absolute Gasteiger partial charge is 0.236 e.